The first-order valence-electron chi connectivity index (χ1n) is 5.79. The van der Waals surface area contributed by atoms with E-state index in [2.05, 4.69) is 0 Å². The van der Waals surface area contributed by atoms with Crippen molar-refractivity contribution in [3.8, 4) is 0 Å². The highest BCUT2D eigenvalue weighted by Gasteiger charge is 2.26. The van der Waals surface area contributed by atoms with Crippen molar-refractivity contribution in [1.82, 2.24) is 0 Å². The third-order valence-electron chi connectivity index (χ3n) is 3.15. The molecular formula is C12H14N2O4. The number of nitrogens with zero attached hydrogens (tertiary/aromatic N) is 2. The smallest absolute Gasteiger partial charge is 0.293 e. The molecule has 2 rings (SSSR count). The molecule has 1 saturated heterocycles. The molecule has 96 valence electrons. The molecule has 1 aromatic carbocycles. The molecule has 0 aromatic heterocycles. The van der Waals surface area contributed by atoms with Gasteiger partial charge in [0.2, 0.25) is 0 Å². The Bertz CT molecular complexity index is 467. The van der Waals surface area contributed by atoms with E-state index in [1.54, 1.807) is 11.0 Å². The molecule has 0 saturated carbocycles. The van der Waals surface area contributed by atoms with Crippen LogP contribution in [-0.2, 0) is 0 Å². The van der Waals surface area contributed by atoms with Gasteiger partial charge in [-0.05, 0) is 18.9 Å². The van der Waals surface area contributed by atoms with Gasteiger partial charge in [0.25, 0.3) is 5.69 Å². The van der Waals surface area contributed by atoms with E-state index in [-0.39, 0.29) is 11.8 Å². The molecule has 1 fully saturated rings. The largest absolute Gasteiger partial charge is 0.393 e. The molecule has 0 unspecified atom stereocenters. The molecule has 6 nitrogen and oxygen atoms in total. The van der Waals surface area contributed by atoms with Crippen LogP contribution in [0.25, 0.3) is 0 Å². The molecule has 1 aliphatic rings. The zero-order chi connectivity index (χ0) is 13.1. The number of benzene rings is 1. The number of nitro benzene ring substituents is 1. The molecule has 0 bridgehead atoms. The van der Waals surface area contributed by atoms with Crippen LogP contribution in [0.5, 0.6) is 0 Å². The Morgan fingerprint density at radius 2 is 2.06 bits per heavy atom. The Morgan fingerprint density at radius 1 is 1.39 bits per heavy atom. The van der Waals surface area contributed by atoms with Crippen LogP contribution in [0.3, 0.4) is 0 Å². The van der Waals surface area contributed by atoms with Crippen LogP contribution in [0.4, 0.5) is 11.4 Å². The maximum atomic E-state index is 11.0. The van der Waals surface area contributed by atoms with Gasteiger partial charge in [-0.15, -0.1) is 0 Å². The van der Waals surface area contributed by atoms with Crippen LogP contribution in [0.2, 0.25) is 0 Å². The van der Waals surface area contributed by atoms with E-state index in [9.17, 15) is 20.0 Å². The zero-order valence-electron chi connectivity index (χ0n) is 9.78. The number of carbonyl (C=O) groups excluding carboxylic acids is 1. The van der Waals surface area contributed by atoms with Crippen molar-refractivity contribution >= 4 is 17.7 Å². The number of hydrogen-bond donors (Lipinski definition) is 1. The molecule has 0 amide bonds. The van der Waals surface area contributed by atoms with Crippen molar-refractivity contribution in [2.45, 2.75) is 18.9 Å². The number of anilines is 1. The molecule has 1 heterocycles. The lowest BCUT2D eigenvalue weighted by molar-refractivity contribution is -0.384. The normalized spacial score (nSPS) is 16.6. The van der Waals surface area contributed by atoms with E-state index in [4.69, 9.17) is 0 Å². The quantitative estimate of drug-likeness (QED) is 0.497. The average molecular weight is 250 g/mol. The summed E-state index contributed by atoms with van der Waals surface area (Å²) in [6, 6.07) is 4.47. The Balaban J connectivity index is 2.40. The van der Waals surface area contributed by atoms with Gasteiger partial charge in [0.05, 0.1) is 11.0 Å². The summed E-state index contributed by atoms with van der Waals surface area (Å²) in [6.45, 7) is 1.04. The fourth-order valence-electron chi connectivity index (χ4n) is 2.23. The highest BCUT2D eigenvalue weighted by molar-refractivity contribution is 5.89. The predicted molar refractivity (Wildman–Crippen MR) is 65.9 cm³/mol. The van der Waals surface area contributed by atoms with Crippen molar-refractivity contribution in [2.75, 3.05) is 18.0 Å². The summed E-state index contributed by atoms with van der Waals surface area (Å²) in [4.78, 5) is 23.3. The number of hydrogen-bond acceptors (Lipinski definition) is 5. The molecule has 1 aliphatic heterocycles. The first-order chi connectivity index (χ1) is 8.63. The summed E-state index contributed by atoms with van der Waals surface area (Å²) < 4.78 is 0. The van der Waals surface area contributed by atoms with Gasteiger partial charge in [-0.1, -0.05) is 6.07 Å². The number of rotatable bonds is 3. The Hall–Kier alpha value is -1.95. The summed E-state index contributed by atoms with van der Waals surface area (Å²) in [6.07, 6.45) is 1.39. The number of carbonyl (C=O) groups is 1. The first kappa shape index (κ1) is 12.5. The van der Waals surface area contributed by atoms with E-state index >= 15 is 0 Å². The van der Waals surface area contributed by atoms with Crippen LogP contribution < -0.4 is 4.90 Å². The topological polar surface area (TPSA) is 83.7 Å². The second-order valence-corrected chi connectivity index (χ2v) is 4.31. The number of nitro groups is 1. The molecule has 0 spiro atoms. The monoisotopic (exact) mass is 250 g/mol. The average Bonchev–Trinajstić information content (AvgIpc) is 2.38. The molecule has 0 aliphatic carbocycles. The zero-order valence-corrected chi connectivity index (χ0v) is 9.78. The van der Waals surface area contributed by atoms with Crippen LogP contribution in [0.1, 0.15) is 23.2 Å². The number of aliphatic hydroxyl groups is 1. The molecule has 1 aromatic rings. The van der Waals surface area contributed by atoms with Crippen molar-refractivity contribution in [1.29, 1.82) is 0 Å². The summed E-state index contributed by atoms with van der Waals surface area (Å²) in [5.74, 6) is 0. The number of para-hydroxylation sites is 1. The van der Waals surface area contributed by atoms with Crippen LogP contribution in [0, 0.1) is 10.1 Å². The minimum absolute atomic E-state index is 0.0593. The second kappa shape index (κ2) is 5.14. The lowest BCUT2D eigenvalue weighted by Crippen LogP contribution is -2.36. The predicted octanol–water partition coefficient (Wildman–Crippen LogP) is 1.37. The SMILES string of the molecule is O=Cc1cccc([N+](=O)[O-])c1N1CCC(O)CC1. The van der Waals surface area contributed by atoms with E-state index in [1.165, 1.54) is 12.1 Å². The van der Waals surface area contributed by atoms with Crippen LogP contribution in [-0.4, -0.2) is 35.5 Å². The van der Waals surface area contributed by atoms with Gasteiger partial charge < -0.3 is 10.0 Å². The van der Waals surface area contributed by atoms with Gasteiger partial charge >= 0.3 is 0 Å². The fourth-order valence-corrected chi connectivity index (χ4v) is 2.23. The maximum absolute atomic E-state index is 11.0. The van der Waals surface area contributed by atoms with Crippen molar-refractivity contribution in [2.24, 2.45) is 0 Å². The van der Waals surface area contributed by atoms with E-state index < -0.39 is 4.92 Å². The molecular weight excluding hydrogens is 236 g/mol. The van der Waals surface area contributed by atoms with Gasteiger partial charge in [0.15, 0.2) is 6.29 Å². The van der Waals surface area contributed by atoms with Gasteiger partial charge in [-0.3, -0.25) is 14.9 Å². The molecule has 1 N–H and O–H groups in total. The number of aliphatic hydroxyl groups excluding tert-OH is 1. The summed E-state index contributed by atoms with van der Waals surface area (Å²) >= 11 is 0. The van der Waals surface area contributed by atoms with Crippen molar-refractivity contribution in [3.63, 3.8) is 0 Å². The molecule has 6 heteroatoms. The minimum atomic E-state index is -0.479. The lowest BCUT2D eigenvalue weighted by Gasteiger charge is -2.31. The van der Waals surface area contributed by atoms with Crippen molar-refractivity contribution in [3.05, 3.63) is 33.9 Å². The highest BCUT2D eigenvalue weighted by Crippen LogP contribution is 2.32. The maximum Gasteiger partial charge on any atom is 0.293 e. The third kappa shape index (κ3) is 2.33. The summed E-state index contributed by atoms with van der Waals surface area (Å²) in [7, 11) is 0. The molecule has 0 atom stereocenters. The molecule has 0 radical (unpaired) electrons. The van der Waals surface area contributed by atoms with E-state index in [1.807, 2.05) is 0 Å². The first-order valence-corrected chi connectivity index (χ1v) is 5.79. The second-order valence-electron chi connectivity index (χ2n) is 4.31. The van der Waals surface area contributed by atoms with Gasteiger partial charge in [0, 0.05) is 24.7 Å². The standard InChI is InChI=1S/C12H14N2O4/c15-8-9-2-1-3-11(14(17)18)12(9)13-6-4-10(16)5-7-13/h1-3,8,10,16H,4-7H2. The molecule has 18 heavy (non-hydrogen) atoms. The van der Waals surface area contributed by atoms with Crippen LogP contribution in [0.15, 0.2) is 18.2 Å². The number of aldehydes is 1. The Labute approximate surface area is 104 Å². The summed E-state index contributed by atoms with van der Waals surface area (Å²) in [5, 5.41) is 20.5. The van der Waals surface area contributed by atoms with Crippen LogP contribution >= 0.6 is 0 Å². The van der Waals surface area contributed by atoms with E-state index in [0.29, 0.717) is 43.5 Å². The Kier molecular flexibility index (Phi) is 3.57. The Morgan fingerprint density at radius 3 is 2.61 bits per heavy atom. The lowest BCUT2D eigenvalue weighted by atomic mass is 10.0. The summed E-state index contributed by atoms with van der Waals surface area (Å²) in [5.41, 5.74) is 0.626. The number of piperidine rings is 1. The van der Waals surface area contributed by atoms with Crippen molar-refractivity contribution < 1.29 is 14.8 Å². The fraction of sp³-hybridized carbons (Fsp3) is 0.417. The van der Waals surface area contributed by atoms with Gasteiger partial charge in [-0.25, -0.2) is 0 Å². The highest BCUT2D eigenvalue weighted by atomic mass is 16.6. The third-order valence-corrected chi connectivity index (χ3v) is 3.15. The van der Waals surface area contributed by atoms with E-state index in [0.717, 1.165) is 0 Å². The van der Waals surface area contributed by atoms with Gasteiger partial charge in [-0.2, -0.15) is 0 Å². The minimum Gasteiger partial charge on any atom is -0.393 e. The van der Waals surface area contributed by atoms with Gasteiger partial charge in [0.1, 0.15) is 5.69 Å².